The molecular weight excluding hydrogens is 256 g/mol. The molecule has 0 fully saturated rings. The number of carboxylic acids is 1. The lowest BCUT2D eigenvalue weighted by atomic mass is 10.1. The topological polar surface area (TPSA) is 82.3 Å². The maximum atomic E-state index is 11.1. The third-order valence-corrected chi connectivity index (χ3v) is 3.08. The lowest BCUT2D eigenvalue weighted by Gasteiger charge is -2.14. The summed E-state index contributed by atoms with van der Waals surface area (Å²) in [6, 6.07) is 6.77. The number of benzene rings is 1. The van der Waals surface area contributed by atoms with Crippen molar-refractivity contribution in [1.82, 2.24) is 5.32 Å². The van der Waals surface area contributed by atoms with Gasteiger partial charge in [-0.1, -0.05) is 25.8 Å². The molecule has 0 aromatic heterocycles. The van der Waals surface area contributed by atoms with Crippen LogP contribution in [0.1, 0.15) is 37.3 Å². The number of rotatable bonds is 8. The lowest BCUT2D eigenvalue weighted by molar-refractivity contribution is -0.139. The second-order valence-corrected chi connectivity index (χ2v) is 4.56. The molecule has 0 bridgehead atoms. The number of nitrogens with zero attached hydrogens (tertiary/aromatic N) is 1. The normalized spacial score (nSPS) is 11.7. The predicted octanol–water partition coefficient (Wildman–Crippen LogP) is 2.30. The van der Waals surface area contributed by atoms with Crippen LogP contribution >= 0.6 is 0 Å². The molecule has 108 valence electrons. The molecule has 1 aromatic carbocycles. The van der Waals surface area contributed by atoms with Gasteiger partial charge in [-0.05, 0) is 24.1 Å². The Morgan fingerprint density at radius 3 is 2.85 bits per heavy atom. The molecule has 0 aliphatic rings. The molecule has 0 saturated carbocycles. The summed E-state index contributed by atoms with van der Waals surface area (Å²) >= 11 is 0. The average molecular weight is 276 g/mol. The largest absolute Gasteiger partial charge is 0.495 e. The molecule has 0 aliphatic heterocycles. The van der Waals surface area contributed by atoms with Gasteiger partial charge in [-0.2, -0.15) is 5.26 Å². The minimum atomic E-state index is -0.840. The van der Waals surface area contributed by atoms with E-state index >= 15 is 0 Å². The Balaban J connectivity index is 2.68. The molecule has 0 unspecified atom stereocenters. The van der Waals surface area contributed by atoms with Crippen LogP contribution in [0.4, 0.5) is 0 Å². The van der Waals surface area contributed by atoms with Crippen LogP contribution < -0.4 is 10.1 Å². The van der Waals surface area contributed by atoms with E-state index in [0.717, 1.165) is 18.4 Å². The van der Waals surface area contributed by atoms with Gasteiger partial charge in [-0.25, -0.2) is 0 Å². The van der Waals surface area contributed by atoms with E-state index in [-0.39, 0.29) is 0 Å². The number of ether oxygens (including phenoxy) is 1. The maximum absolute atomic E-state index is 11.1. The van der Waals surface area contributed by atoms with Gasteiger partial charge in [0.25, 0.3) is 0 Å². The Morgan fingerprint density at radius 2 is 2.30 bits per heavy atom. The van der Waals surface area contributed by atoms with Crippen LogP contribution in [-0.2, 0) is 11.3 Å². The number of nitriles is 1. The molecule has 0 spiro atoms. The first kappa shape index (κ1) is 16.0. The summed E-state index contributed by atoms with van der Waals surface area (Å²) in [6.45, 7) is 2.45. The summed E-state index contributed by atoms with van der Waals surface area (Å²) in [5.74, 6) is -0.315. The highest BCUT2D eigenvalue weighted by Gasteiger charge is 2.16. The molecular formula is C15H20N2O3. The molecule has 0 radical (unpaired) electrons. The van der Waals surface area contributed by atoms with Gasteiger partial charge in [0, 0.05) is 6.54 Å². The summed E-state index contributed by atoms with van der Waals surface area (Å²) in [5.41, 5.74) is 1.32. The molecule has 0 amide bonds. The van der Waals surface area contributed by atoms with E-state index in [2.05, 4.69) is 11.4 Å². The van der Waals surface area contributed by atoms with Gasteiger partial charge >= 0.3 is 5.97 Å². The minimum Gasteiger partial charge on any atom is -0.495 e. The second-order valence-electron chi connectivity index (χ2n) is 4.56. The third kappa shape index (κ3) is 4.56. The van der Waals surface area contributed by atoms with Crippen molar-refractivity contribution in [2.24, 2.45) is 0 Å². The van der Waals surface area contributed by atoms with E-state index in [9.17, 15) is 4.79 Å². The van der Waals surface area contributed by atoms with Crippen LogP contribution in [0.25, 0.3) is 0 Å². The SMILES string of the molecule is CCCC[C@H](NCc1ccc(OC)c(C#N)c1)C(=O)O. The molecule has 0 aliphatic carbocycles. The fourth-order valence-electron chi connectivity index (χ4n) is 1.91. The monoisotopic (exact) mass is 276 g/mol. The van der Waals surface area contributed by atoms with Crippen molar-refractivity contribution in [2.75, 3.05) is 7.11 Å². The minimum absolute atomic E-state index is 0.416. The van der Waals surface area contributed by atoms with Crippen molar-refractivity contribution < 1.29 is 14.6 Å². The van der Waals surface area contributed by atoms with Gasteiger partial charge in [-0.15, -0.1) is 0 Å². The van der Waals surface area contributed by atoms with Crippen LogP contribution in [0.3, 0.4) is 0 Å². The first-order chi connectivity index (χ1) is 9.62. The first-order valence-electron chi connectivity index (χ1n) is 6.65. The fourth-order valence-corrected chi connectivity index (χ4v) is 1.91. The smallest absolute Gasteiger partial charge is 0.320 e. The van der Waals surface area contributed by atoms with E-state index < -0.39 is 12.0 Å². The Labute approximate surface area is 119 Å². The standard InChI is InChI=1S/C15H20N2O3/c1-3-4-5-13(15(18)19)17-10-11-6-7-14(20-2)12(8-11)9-16/h6-8,13,17H,3-5,10H2,1-2H3,(H,18,19)/t13-/m0/s1. The quantitative estimate of drug-likeness (QED) is 0.761. The first-order valence-corrected chi connectivity index (χ1v) is 6.65. The Hall–Kier alpha value is -2.06. The Bertz CT molecular complexity index is 494. The summed E-state index contributed by atoms with van der Waals surface area (Å²) in [5, 5.41) is 21.1. The van der Waals surface area contributed by atoms with Crippen LogP contribution in [0, 0.1) is 11.3 Å². The van der Waals surface area contributed by atoms with E-state index in [0.29, 0.717) is 24.3 Å². The summed E-state index contributed by atoms with van der Waals surface area (Å²) in [7, 11) is 1.51. The highest BCUT2D eigenvalue weighted by Crippen LogP contribution is 2.18. The molecule has 0 heterocycles. The molecule has 5 heteroatoms. The summed E-state index contributed by atoms with van der Waals surface area (Å²) in [6.07, 6.45) is 2.44. The van der Waals surface area contributed by atoms with Gasteiger partial charge < -0.3 is 15.2 Å². The van der Waals surface area contributed by atoms with Crippen molar-refractivity contribution in [2.45, 2.75) is 38.8 Å². The highest BCUT2D eigenvalue weighted by atomic mass is 16.5. The number of carboxylic acid groups (broad SMARTS) is 1. The zero-order chi connectivity index (χ0) is 15.0. The molecule has 1 rings (SSSR count). The number of aliphatic carboxylic acids is 1. The number of methoxy groups -OCH3 is 1. The maximum Gasteiger partial charge on any atom is 0.320 e. The number of nitrogens with one attached hydrogen (secondary N) is 1. The zero-order valence-corrected chi connectivity index (χ0v) is 11.8. The number of carbonyl (C=O) groups is 1. The summed E-state index contributed by atoms with van der Waals surface area (Å²) < 4.78 is 5.07. The van der Waals surface area contributed by atoms with Crippen LogP contribution in [-0.4, -0.2) is 24.2 Å². The highest BCUT2D eigenvalue weighted by molar-refractivity contribution is 5.73. The lowest BCUT2D eigenvalue weighted by Crippen LogP contribution is -2.36. The second kappa shape index (κ2) is 8.18. The van der Waals surface area contributed by atoms with E-state index in [1.54, 1.807) is 12.1 Å². The molecule has 1 atom stereocenters. The predicted molar refractivity (Wildman–Crippen MR) is 75.5 cm³/mol. The van der Waals surface area contributed by atoms with Crippen LogP contribution in [0.15, 0.2) is 18.2 Å². The van der Waals surface area contributed by atoms with Crippen molar-refractivity contribution in [3.8, 4) is 11.8 Å². The van der Waals surface area contributed by atoms with Crippen LogP contribution in [0.5, 0.6) is 5.75 Å². The van der Waals surface area contributed by atoms with E-state index in [1.165, 1.54) is 7.11 Å². The van der Waals surface area contributed by atoms with Gasteiger partial charge in [0.2, 0.25) is 0 Å². The number of hydrogen-bond acceptors (Lipinski definition) is 4. The number of unbranched alkanes of at least 4 members (excludes halogenated alkanes) is 1. The fraction of sp³-hybridized carbons (Fsp3) is 0.467. The molecule has 5 nitrogen and oxygen atoms in total. The number of hydrogen-bond donors (Lipinski definition) is 2. The average Bonchev–Trinajstić information content (AvgIpc) is 2.46. The van der Waals surface area contributed by atoms with Gasteiger partial charge in [0.05, 0.1) is 12.7 Å². The molecule has 0 saturated heterocycles. The van der Waals surface area contributed by atoms with E-state index in [1.807, 2.05) is 13.0 Å². The molecule has 20 heavy (non-hydrogen) atoms. The van der Waals surface area contributed by atoms with Crippen molar-refractivity contribution in [3.05, 3.63) is 29.3 Å². The molecule has 1 aromatic rings. The summed E-state index contributed by atoms with van der Waals surface area (Å²) in [4.78, 5) is 11.1. The zero-order valence-electron chi connectivity index (χ0n) is 11.8. The van der Waals surface area contributed by atoms with Crippen molar-refractivity contribution in [3.63, 3.8) is 0 Å². The van der Waals surface area contributed by atoms with Gasteiger partial charge in [0.15, 0.2) is 0 Å². The van der Waals surface area contributed by atoms with Crippen molar-refractivity contribution in [1.29, 1.82) is 5.26 Å². The van der Waals surface area contributed by atoms with Gasteiger partial charge in [0.1, 0.15) is 17.9 Å². The molecule has 2 N–H and O–H groups in total. The van der Waals surface area contributed by atoms with Crippen molar-refractivity contribution >= 4 is 5.97 Å². The van der Waals surface area contributed by atoms with Gasteiger partial charge in [-0.3, -0.25) is 4.79 Å². The third-order valence-electron chi connectivity index (χ3n) is 3.08. The van der Waals surface area contributed by atoms with E-state index in [4.69, 9.17) is 15.1 Å². The van der Waals surface area contributed by atoms with Crippen LogP contribution in [0.2, 0.25) is 0 Å². The Morgan fingerprint density at radius 1 is 1.55 bits per heavy atom. The Kier molecular flexibility index (Phi) is 6.54.